The van der Waals surface area contributed by atoms with Crippen molar-refractivity contribution >= 4 is 17.6 Å². The average molecular weight is 429 g/mol. The third-order valence-corrected chi connectivity index (χ3v) is 6.22. The minimum atomic E-state index is -1.02. The second kappa shape index (κ2) is 7.67. The van der Waals surface area contributed by atoms with E-state index in [2.05, 4.69) is 5.32 Å². The Morgan fingerprint density at radius 1 is 1.16 bits per heavy atom. The van der Waals surface area contributed by atoms with Gasteiger partial charge in [0.2, 0.25) is 0 Å². The van der Waals surface area contributed by atoms with Crippen LogP contribution < -0.4 is 10.1 Å². The maximum atomic E-state index is 13.0. The van der Waals surface area contributed by atoms with Gasteiger partial charge < -0.3 is 15.2 Å². The Hall–Kier alpha value is -3.87. The van der Waals surface area contributed by atoms with Crippen LogP contribution in [0.25, 0.3) is 5.69 Å². The highest BCUT2D eigenvalue weighted by molar-refractivity contribution is 6.01. The van der Waals surface area contributed by atoms with Crippen LogP contribution in [0.5, 0.6) is 5.75 Å². The number of hydrogen-bond acceptors (Lipinski definition) is 5. The van der Waals surface area contributed by atoms with E-state index in [4.69, 9.17) is 9.84 Å². The van der Waals surface area contributed by atoms with Gasteiger partial charge >= 0.3 is 5.97 Å². The van der Waals surface area contributed by atoms with Gasteiger partial charge in [-0.15, -0.1) is 0 Å². The quantitative estimate of drug-likeness (QED) is 0.636. The third kappa shape index (κ3) is 3.09. The molecule has 1 aliphatic heterocycles. The standard InChI is InChI=1S/C25H23N3O4/c1-14-21-22(15-10-12-16(32-2)13-11-15)23-18(7-5-9-20(23)29)26-24(21)28(27-14)19-8-4-3-6-17(19)25(30)31/h3-4,6,8,10-13,22,26H,5,7,9H2,1-2H3,(H,30,31). The Kier molecular flexibility index (Phi) is 4.81. The van der Waals surface area contributed by atoms with E-state index in [0.717, 1.165) is 46.7 Å². The van der Waals surface area contributed by atoms with Crippen LogP contribution in [-0.2, 0) is 4.79 Å². The van der Waals surface area contributed by atoms with Crippen molar-refractivity contribution in [2.45, 2.75) is 32.1 Å². The number of carbonyl (C=O) groups is 2. The SMILES string of the molecule is COc1ccc(C2C3=C(CCCC3=O)Nc3c2c(C)nn3-c2ccccc2C(=O)O)cc1. The molecule has 0 saturated carbocycles. The molecular weight excluding hydrogens is 406 g/mol. The van der Waals surface area contributed by atoms with Gasteiger partial charge in [0.15, 0.2) is 5.78 Å². The Balaban J connectivity index is 1.75. The number of hydrogen-bond donors (Lipinski definition) is 2. The highest BCUT2D eigenvalue weighted by Gasteiger charge is 2.39. The number of benzene rings is 2. The first-order valence-electron chi connectivity index (χ1n) is 10.6. The number of para-hydroxylation sites is 1. The van der Waals surface area contributed by atoms with Gasteiger partial charge in [0.25, 0.3) is 0 Å². The van der Waals surface area contributed by atoms with Crippen LogP contribution in [0.1, 0.15) is 52.4 Å². The summed E-state index contributed by atoms with van der Waals surface area (Å²) in [5.74, 6) is 0.312. The maximum absolute atomic E-state index is 13.0. The molecule has 1 unspecified atom stereocenters. The first-order chi connectivity index (χ1) is 15.5. The predicted molar refractivity (Wildman–Crippen MR) is 120 cm³/mol. The molecule has 1 atom stereocenters. The number of ketones is 1. The first-order valence-corrected chi connectivity index (χ1v) is 10.6. The van der Waals surface area contributed by atoms with Crippen molar-refractivity contribution in [2.75, 3.05) is 12.4 Å². The fourth-order valence-corrected chi connectivity index (χ4v) is 4.76. The van der Waals surface area contributed by atoms with E-state index in [0.29, 0.717) is 17.9 Å². The summed E-state index contributed by atoms with van der Waals surface area (Å²) in [7, 11) is 1.62. The lowest BCUT2D eigenvalue weighted by atomic mass is 9.76. The number of Topliss-reactive ketones (excluding diaryl/α,β-unsaturated/α-hetero) is 1. The first kappa shape index (κ1) is 20.1. The normalized spacial score (nSPS) is 17.4. The smallest absolute Gasteiger partial charge is 0.337 e. The van der Waals surface area contributed by atoms with E-state index >= 15 is 0 Å². The van der Waals surface area contributed by atoms with E-state index < -0.39 is 5.97 Å². The van der Waals surface area contributed by atoms with Crippen molar-refractivity contribution in [3.63, 3.8) is 0 Å². The summed E-state index contributed by atoms with van der Waals surface area (Å²) in [5.41, 5.74) is 4.94. The number of methoxy groups -OCH3 is 1. The number of fused-ring (bicyclic) bond motifs is 1. The van der Waals surface area contributed by atoms with E-state index in [1.165, 1.54) is 0 Å². The van der Waals surface area contributed by atoms with E-state index in [-0.39, 0.29) is 17.3 Å². The molecule has 162 valence electrons. The van der Waals surface area contributed by atoms with Crippen LogP contribution in [-0.4, -0.2) is 33.7 Å². The molecule has 32 heavy (non-hydrogen) atoms. The summed E-state index contributed by atoms with van der Waals surface area (Å²) in [4.78, 5) is 24.9. The molecule has 2 heterocycles. The average Bonchev–Trinajstić information content (AvgIpc) is 3.14. The second-order valence-electron chi connectivity index (χ2n) is 8.08. The van der Waals surface area contributed by atoms with Crippen molar-refractivity contribution in [3.05, 3.63) is 82.2 Å². The number of carboxylic acid groups (broad SMARTS) is 1. The van der Waals surface area contributed by atoms with Gasteiger partial charge in [-0.05, 0) is 49.6 Å². The van der Waals surface area contributed by atoms with Gasteiger partial charge in [-0.2, -0.15) is 5.10 Å². The number of aryl methyl sites for hydroxylation is 1. The van der Waals surface area contributed by atoms with Crippen molar-refractivity contribution in [3.8, 4) is 11.4 Å². The lowest BCUT2D eigenvalue weighted by molar-refractivity contribution is -0.116. The number of aromatic carboxylic acids is 1. The summed E-state index contributed by atoms with van der Waals surface area (Å²) in [6.45, 7) is 1.90. The molecule has 5 rings (SSSR count). The Bertz CT molecular complexity index is 1270. The number of carboxylic acids is 1. The van der Waals surface area contributed by atoms with Crippen molar-refractivity contribution in [1.29, 1.82) is 0 Å². The molecule has 1 aromatic heterocycles. The highest BCUT2D eigenvalue weighted by atomic mass is 16.5. The number of aromatic nitrogens is 2. The van der Waals surface area contributed by atoms with Crippen LogP contribution in [0, 0.1) is 6.92 Å². The maximum Gasteiger partial charge on any atom is 0.337 e. The molecular formula is C25H23N3O4. The fourth-order valence-electron chi connectivity index (χ4n) is 4.76. The lowest BCUT2D eigenvalue weighted by Crippen LogP contribution is -2.27. The summed E-state index contributed by atoms with van der Waals surface area (Å²) < 4.78 is 6.97. The number of nitrogens with one attached hydrogen (secondary N) is 1. The molecule has 2 aliphatic rings. The van der Waals surface area contributed by atoms with E-state index in [1.807, 2.05) is 31.2 Å². The number of rotatable bonds is 4. The minimum absolute atomic E-state index is 0.142. The minimum Gasteiger partial charge on any atom is -0.497 e. The molecule has 2 N–H and O–H groups in total. The summed E-state index contributed by atoms with van der Waals surface area (Å²) in [6.07, 6.45) is 2.07. The Morgan fingerprint density at radius 3 is 2.62 bits per heavy atom. The zero-order valence-electron chi connectivity index (χ0n) is 17.9. The molecule has 0 fully saturated rings. The molecule has 7 nitrogen and oxygen atoms in total. The zero-order chi connectivity index (χ0) is 22.4. The van der Waals surface area contributed by atoms with Gasteiger partial charge in [-0.25, -0.2) is 9.48 Å². The van der Waals surface area contributed by atoms with Crippen molar-refractivity contribution in [2.24, 2.45) is 0 Å². The monoisotopic (exact) mass is 429 g/mol. The summed E-state index contributed by atoms with van der Waals surface area (Å²) in [6, 6.07) is 14.6. The van der Waals surface area contributed by atoms with Gasteiger partial charge in [-0.1, -0.05) is 24.3 Å². The largest absolute Gasteiger partial charge is 0.497 e. The number of nitrogens with zero attached hydrogens (tertiary/aromatic N) is 2. The van der Waals surface area contributed by atoms with Crippen molar-refractivity contribution in [1.82, 2.24) is 9.78 Å². The second-order valence-corrected chi connectivity index (χ2v) is 8.08. The Labute approximate surface area is 185 Å². The van der Waals surface area contributed by atoms with Gasteiger partial charge in [0, 0.05) is 29.2 Å². The molecule has 0 saturated heterocycles. The van der Waals surface area contributed by atoms with Crippen LogP contribution in [0.4, 0.5) is 5.82 Å². The van der Waals surface area contributed by atoms with Gasteiger partial charge in [0.05, 0.1) is 24.1 Å². The molecule has 0 radical (unpaired) electrons. The topological polar surface area (TPSA) is 93.5 Å². The summed E-state index contributed by atoms with van der Waals surface area (Å²) >= 11 is 0. The number of anilines is 1. The molecule has 1 aliphatic carbocycles. The summed E-state index contributed by atoms with van der Waals surface area (Å²) in [5, 5.41) is 17.9. The van der Waals surface area contributed by atoms with Crippen LogP contribution in [0.15, 0.2) is 59.8 Å². The number of carbonyl (C=O) groups excluding carboxylic acids is 1. The molecule has 3 aromatic rings. The highest BCUT2D eigenvalue weighted by Crippen LogP contribution is 2.47. The van der Waals surface area contributed by atoms with Crippen LogP contribution in [0.2, 0.25) is 0 Å². The van der Waals surface area contributed by atoms with Gasteiger partial charge in [0.1, 0.15) is 11.6 Å². The third-order valence-electron chi connectivity index (χ3n) is 6.22. The predicted octanol–water partition coefficient (Wildman–Crippen LogP) is 4.45. The lowest BCUT2D eigenvalue weighted by Gasteiger charge is -2.33. The fraction of sp³-hybridized carbons (Fsp3) is 0.240. The molecule has 0 spiro atoms. The van der Waals surface area contributed by atoms with Crippen molar-refractivity contribution < 1.29 is 19.4 Å². The van der Waals surface area contributed by atoms with Gasteiger partial charge in [-0.3, -0.25) is 4.79 Å². The molecule has 2 aromatic carbocycles. The van der Waals surface area contributed by atoms with Crippen LogP contribution >= 0.6 is 0 Å². The number of allylic oxidation sites excluding steroid dienone is 2. The van der Waals surface area contributed by atoms with E-state index in [1.54, 1.807) is 36.1 Å². The van der Waals surface area contributed by atoms with E-state index in [9.17, 15) is 14.7 Å². The number of ether oxygens (including phenoxy) is 1. The Morgan fingerprint density at radius 2 is 1.91 bits per heavy atom. The molecule has 0 bridgehead atoms. The molecule has 7 heteroatoms. The van der Waals surface area contributed by atoms with Crippen LogP contribution in [0.3, 0.4) is 0 Å². The zero-order valence-corrected chi connectivity index (χ0v) is 17.9. The molecule has 0 amide bonds.